The van der Waals surface area contributed by atoms with Crippen LogP contribution in [0.1, 0.15) is 48.8 Å². The predicted octanol–water partition coefficient (Wildman–Crippen LogP) is 5.29. The number of aromatic nitrogens is 1. The van der Waals surface area contributed by atoms with Gasteiger partial charge < -0.3 is 24.8 Å². The second-order valence-corrected chi connectivity index (χ2v) is 11.2. The molecule has 3 amide bonds. The average molecular weight is 663 g/mol. The Balaban J connectivity index is 0.00000353. The van der Waals surface area contributed by atoms with E-state index < -0.39 is 11.2 Å². The topological polar surface area (TPSA) is 95.1 Å². The SMILES string of the molecule is CCN1C(=O)C(C)(C)C(=O)N(C)c2cc(OCCCc3cc(CNCCN(C)C(=O)c4cccc(F)c4)ccn3)ccc21.Cl.Cl. The maximum atomic E-state index is 13.4. The number of halogens is 3. The maximum absolute atomic E-state index is 13.4. The number of pyridine rings is 1. The summed E-state index contributed by atoms with van der Waals surface area (Å²) in [5, 5.41) is 3.34. The summed E-state index contributed by atoms with van der Waals surface area (Å²) < 4.78 is 19.4. The number of fused-ring (bicyclic) bond motifs is 1. The summed E-state index contributed by atoms with van der Waals surface area (Å²) >= 11 is 0. The number of likely N-dealkylation sites (N-methyl/N-ethyl adjacent to an activating group) is 1. The Bertz CT molecular complexity index is 1490. The minimum absolute atomic E-state index is 0. The van der Waals surface area contributed by atoms with Gasteiger partial charge >= 0.3 is 0 Å². The Morgan fingerprint density at radius 2 is 1.80 bits per heavy atom. The number of carbonyl (C=O) groups is 3. The van der Waals surface area contributed by atoms with Crippen LogP contribution in [0, 0.1) is 11.2 Å². The summed E-state index contributed by atoms with van der Waals surface area (Å²) in [7, 11) is 3.39. The molecule has 0 spiro atoms. The number of aryl methyl sites for hydroxylation is 1. The lowest BCUT2D eigenvalue weighted by molar-refractivity contribution is -0.137. The lowest BCUT2D eigenvalue weighted by atomic mass is 9.90. The number of amides is 3. The number of hydrogen-bond acceptors (Lipinski definition) is 6. The molecule has 12 heteroatoms. The molecule has 0 saturated heterocycles. The van der Waals surface area contributed by atoms with Crippen molar-refractivity contribution in [3.05, 3.63) is 83.4 Å². The molecule has 3 aromatic rings. The number of carbonyl (C=O) groups excluding carboxylic acids is 3. The van der Waals surface area contributed by atoms with Crippen LogP contribution in [0.3, 0.4) is 0 Å². The molecule has 4 rings (SSSR count). The van der Waals surface area contributed by atoms with Crippen molar-refractivity contribution < 1.29 is 23.5 Å². The number of anilines is 2. The first-order valence-corrected chi connectivity index (χ1v) is 14.6. The molecule has 1 aromatic heterocycles. The van der Waals surface area contributed by atoms with Crippen LogP contribution >= 0.6 is 24.8 Å². The largest absolute Gasteiger partial charge is 0.494 e. The van der Waals surface area contributed by atoms with Gasteiger partial charge in [0.25, 0.3) is 5.91 Å². The number of hydrogen-bond donors (Lipinski definition) is 1. The third-order valence-electron chi connectivity index (χ3n) is 7.63. The van der Waals surface area contributed by atoms with Crippen LogP contribution in [0.4, 0.5) is 15.8 Å². The van der Waals surface area contributed by atoms with Crippen LogP contribution in [0.15, 0.2) is 60.8 Å². The summed E-state index contributed by atoms with van der Waals surface area (Å²) in [5.74, 6) is -0.482. The van der Waals surface area contributed by atoms with E-state index in [9.17, 15) is 18.8 Å². The monoisotopic (exact) mass is 661 g/mol. The fraction of sp³-hybridized carbons (Fsp3) is 0.394. The third-order valence-corrected chi connectivity index (χ3v) is 7.63. The van der Waals surface area contributed by atoms with Gasteiger partial charge in [0.15, 0.2) is 0 Å². The number of benzene rings is 2. The third kappa shape index (κ3) is 8.93. The van der Waals surface area contributed by atoms with Gasteiger partial charge in [-0.05, 0) is 81.6 Å². The fourth-order valence-electron chi connectivity index (χ4n) is 5.11. The van der Waals surface area contributed by atoms with Crippen molar-refractivity contribution in [2.75, 3.05) is 50.1 Å². The van der Waals surface area contributed by atoms with Gasteiger partial charge in [-0.25, -0.2) is 4.39 Å². The Morgan fingerprint density at radius 1 is 1.04 bits per heavy atom. The first-order valence-electron chi connectivity index (χ1n) is 14.6. The number of ether oxygens (including phenoxy) is 1. The predicted molar refractivity (Wildman–Crippen MR) is 179 cm³/mol. The summed E-state index contributed by atoms with van der Waals surface area (Å²) in [6, 6.07) is 15.2. The number of nitrogens with zero attached hydrogens (tertiary/aromatic N) is 4. The van der Waals surface area contributed by atoms with E-state index in [1.165, 1.54) is 18.2 Å². The molecule has 1 N–H and O–H groups in total. The molecule has 45 heavy (non-hydrogen) atoms. The molecule has 0 atom stereocenters. The summed E-state index contributed by atoms with van der Waals surface area (Å²) in [4.78, 5) is 47.8. The Hall–Kier alpha value is -3.73. The normalized spacial score (nSPS) is 13.7. The van der Waals surface area contributed by atoms with Gasteiger partial charge in [0.05, 0.1) is 18.0 Å². The highest BCUT2D eigenvalue weighted by Gasteiger charge is 2.45. The Morgan fingerprint density at radius 3 is 2.51 bits per heavy atom. The number of rotatable bonds is 12. The van der Waals surface area contributed by atoms with Crippen LogP contribution in [-0.4, -0.2) is 67.9 Å². The van der Waals surface area contributed by atoms with E-state index in [1.54, 1.807) is 54.9 Å². The second kappa shape index (κ2) is 16.5. The fourth-order valence-corrected chi connectivity index (χ4v) is 5.11. The molecule has 244 valence electrons. The van der Waals surface area contributed by atoms with E-state index in [1.807, 2.05) is 31.2 Å². The highest BCUT2D eigenvalue weighted by atomic mass is 35.5. The van der Waals surface area contributed by atoms with Crippen LogP contribution in [0.5, 0.6) is 5.75 Å². The van der Waals surface area contributed by atoms with Gasteiger partial charge in [-0.15, -0.1) is 24.8 Å². The molecular formula is C33H42Cl2FN5O4. The molecule has 0 saturated carbocycles. The van der Waals surface area contributed by atoms with Gasteiger partial charge in [-0.1, -0.05) is 6.07 Å². The van der Waals surface area contributed by atoms with E-state index in [0.717, 1.165) is 24.1 Å². The van der Waals surface area contributed by atoms with Crippen molar-refractivity contribution in [2.24, 2.45) is 5.41 Å². The zero-order valence-electron chi connectivity index (χ0n) is 26.3. The zero-order valence-corrected chi connectivity index (χ0v) is 28.0. The molecule has 0 aliphatic carbocycles. The highest BCUT2D eigenvalue weighted by molar-refractivity contribution is 6.20. The van der Waals surface area contributed by atoms with Crippen molar-refractivity contribution in [1.29, 1.82) is 0 Å². The van der Waals surface area contributed by atoms with Crippen molar-refractivity contribution >= 4 is 53.9 Å². The molecular weight excluding hydrogens is 620 g/mol. The van der Waals surface area contributed by atoms with E-state index in [-0.39, 0.29) is 42.5 Å². The van der Waals surface area contributed by atoms with E-state index in [2.05, 4.69) is 16.4 Å². The van der Waals surface area contributed by atoms with Gasteiger partial charge in [0.1, 0.15) is 17.0 Å². The smallest absolute Gasteiger partial charge is 0.253 e. The second-order valence-electron chi connectivity index (χ2n) is 11.2. The molecule has 1 aliphatic heterocycles. The molecule has 0 bridgehead atoms. The lowest BCUT2D eigenvalue weighted by Gasteiger charge is -2.27. The van der Waals surface area contributed by atoms with Crippen molar-refractivity contribution in [1.82, 2.24) is 15.2 Å². The van der Waals surface area contributed by atoms with Crippen LogP contribution < -0.4 is 19.9 Å². The van der Waals surface area contributed by atoms with E-state index in [0.29, 0.717) is 55.5 Å². The molecule has 2 heterocycles. The Kier molecular flexibility index (Phi) is 13.8. The Labute approximate surface area is 276 Å². The van der Waals surface area contributed by atoms with Crippen LogP contribution in [0.2, 0.25) is 0 Å². The first-order chi connectivity index (χ1) is 20.5. The van der Waals surface area contributed by atoms with Crippen molar-refractivity contribution in [3.8, 4) is 5.75 Å². The zero-order chi connectivity index (χ0) is 31.1. The quantitative estimate of drug-likeness (QED) is 0.209. The lowest BCUT2D eigenvalue weighted by Crippen LogP contribution is -2.47. The molecule has 2 aromatic carbocycles. The summed E-state index contributed by atoms with van der Waals surface area (Å²) in [6.07, 6.45) is 3.26. The maximum Gasteiger partial charge on any atom is 0.253 e. The van der Waals surface area contributed by atoms with Gasteiger partial charge in [-0.2, -0.15) is 0 Å². The molecule has 1 aliphatic rings. The molecule has 0 unspecified atom stereocenters. The van der Waals surface area contributed by atoms with Gasteiger partial charge in [0, 0.05) is 63.8 Å². The minimum Gasteiger partial charge on any atom is -0.494 e. The van der Waals surface area contributed by atoms with Crippen molar-refractivity contribution in [2.45, 2.75) is 40.2 Å². The number of nitrogens with one attached hydrogen (secondary N) is 1. The van der Waals surface area contributed by atoms with Crippen LogP contribution in [0.25, 0.3) is 0 Å². The van der Waals surface area contributed by atoms with E-state index in [4.69, 9.17) is 4.74 Å². The van der Waals surface area contributed by atoms with Crippen LogP contribution in [-0.2, 0) is 22.6 Å². The summed E-state index contributed by atoms with van der Waals surface area (Å²) in [6.45, 7) is 7.86. The molecule has 0 fully saturated rings. The first kappa shape index (κ1) is 37.5. The van der Waals surface area contributed by atoms with Gasteiger partial charge in [0.2, 0.25) is 11.8 Å². The standard InChI is InChI=1S/C33H40FN5O4.2ClH/c1-6-39-28-13-12-27(21-29(28)38(5)31(41)33(2,3)32(39)42)43-18-8-11-26-19-23(14-15-36-26)22-35-16-17-37(4)30(40)24-9-7-10-25(34)20-24;;/h7,9-10,12-15,19-21,35H,6,8,11,16-18,22H2,1-5H3;2*1H. The molecule has 9 nitrogen and oxygen atoms in total. The molecule has 0 radical (unpaired) electrons. The minimum atomic E-state index is -1.15. The van der Waals surface area contributed by atoms with E-state index >= 15 is 0 Å². The summed E-state index contributed by atoms with van der Waals surface area (Å²) in [5.41, 5.74) is 2.56. The van der Waals surface area contributed by atoms with Gasteiger partial charge in [-0.3, -0.25) is 19.4 Å². The highest BCUT2D eigenvalue weighted by Crippen LogP contribution is 2.40. The average Bonchev–Trinajstić information content (AvgIpc) is 3.05. The van der Waals surface area contributed by atoms with Crippen molar-refractivity contribution in [3.63, 3.8) is 0 Å².